The van der Waals surface area contributed by atoms with E-state index in [1.54, 1.807) is 4.90 Å². The molecular formula is C14H20N4O4. The molecule has 3 heterocycles. The maximum Gasteiger partial charge on any atom is 0.325 e. The van der Waals surface area contributed by atoms with Crippen molar-refractivity contribution in [3.63, 3.8) is 0 Å². The number of aromatic amines is 2. The number of ether oxygens (including phenoxy) is 1. The van der Waals surface area contributed by atoms with E-state index >= 15 is 0 Å². The van der Waals surface area contributed by atoms with Gasteiger partial charge in [0.25, 0.3) is 11.5 Å². The van der Waals surface area contributed by atoms with Gasteiger partial charge in [0.1, 0.15) is 5.56 Å². The molecule has 120 valence electrons. The van der Waals surface area contributed by atoms with Crippen molar-refractivity contribution in [2.75, 3.05) is 39.3 Å². The number of nitrogens with one attached hydrogen (secondary N) is 2. The van der Waals surface area contributed by atoms with Gasteiger partial charge in [-0.2, -0.15) is 0 Å². The second-order valence-corrected chi connectivity index (χ2v) is 5.71. The molecule has 1 unspecified atom stereocenters. The monoisotopic (exact) mass is 308 g/mol. The van der Waals surface area contributed by atoms with E-state index in [0.717, 1.165) is 39.1 Å². The third-order valence-electron chi connectivity index (χ3n) is 4.20. The Bertz CT molecular complexity index is 639. The number of hydrogen-bond donors (Lipinski definition) is 2. The van der Waals surface area contributed by atoms with E-state index in [-0.39, 0.29) is 11.5 Å². The average molecular weight is 308 g/mol. The molecule has 0 aliphatic carbocycles. The topological polar surface area (TPSA) is 98.5 Å². The molecule has 1 amide bonds. The van der Waals surface area contributed by atoms with Crippen molar-refractivity contribution in [2.45, 2.75) is 18.9 Å². The van der Waals surface area contributed by atoms with Gasteiger partial charge >= 0.3 is 5.69 Å². The van der Waals surface area contributed by atoms with Gasteiger partial charge in [0.2, 0.25) is 0 Å². The summed E-state index contributed by atoms with van der Waals surface area (Å²) < 4.78 is 5.62. The Kier molecular flexibility index (Phi) is 4.39. The molecule has 2 saturated heterocycles. The van der Waals surface area contributed by atoms with Crippen LogP contribution in [0.4, 0.5) is 0 Å². The molecule has 0 bridgehead atoms. The number of H-pyrrole nitrogens is 2. The Balaban J connectivity index is 1.57. The summed E-state index contributed by atoms with van der Waals surface area (Å²) in [6.45, 7) is 4.44. The van der Waals surface area contributed by atoms with Crippen LogP contribution in [0.2, 0.25) is 0 Å². The van der Waals surface area contributed by atoms with Crippen molar-refractivity contribution in [2.24, 2.45) is 0 Å². The van der Waals surface area contributed by atoms with E-state index in [9.17, 15) is 14.4 Å². The minimum absolute atomic E-state index is 0.0211. The molecule has 2 fully saturated rings. The Morgan fingerprint density at radius 1 is 1.27 bits per heavy atom. The molecule has 1 aromatic heterocycles. The maximum absolute atomic E-state index is 12.3. The van der Waals surface area contributed by atoms with E-state index in [2.05, 4.69) is 14.9 Å². The SMILES string of the molecule is O=C(c1c[nH]c(=O)[nH]c1=O)N1CCN(CC2CCCO2)CC1. The molecule has 2 aliphatic rings. The number of carbonyl (C=O) groups is 1. The fourth-order valence-corrected chi connectivity index (χ4v) is 2.95. The van der Waals surface area contributed by atoms with Crippen molar-refractivity contribution in [1.29, 1.82) is 0 Å². The highest BCUT2D eigenvalue weighted by Crippen LogP contribution is 2.14. The third-order valence-corrected chi connectivity index (χ3v) is 4.20. The lowest BCUT2D eigenvalue weighted by Crippen LogP contribution is -2.51. The van der Waals surface area contributed by atoms with Crippen LogP contribution in [-0.2, 0) is 4.74 Å². The predicted molar refractivity (Wildman–Crippen MR) is 79.0 cm³/mol. The molecule has 0 saturated carbocycles. The smallest absolute Gasteiger partial charge is 0.325 e. The number of carbonyl (C=O) groups excluding carboxylic acids is 1. The largest absolute Gasteiger partial charge is 0.377 e. The van der Waals surface area contributed by atoms with Crippen molar-refractivity contribution >= 4 is 5.91 Å². The standard InChI is InChI=1S/C14H20N4O4/c19-12-11(8-15-14(21)16-12)13(20)18-5-3-17(4-6-18)9-10-2-1-7-22-10/h8,10H,1-7,9H2,(H2,15,16,19,21). The van der Waals surface area contributed by atoms with Crippen molar-refractivity contribution < 1.29 is 9.53 Å². The Labute approximate surface area is 127 Å². The lowest BCUT2D eigenvalue weighted by molar-refractivity contribution is 0.0431. The summed E-state index contributed by atoms with van der Waals surface area (Å²) in [6.07, 6.45) is 3.72. The molecule has 0 radical (unpaired) electrons. The summed E-state index contributed by atoms with van der Waals surface area (Å²) in [5, 5.41) is 0. The summed E-state index contributed by atoms with van der Waals surface area (Å²) in [5.41, 5.74) is -1.27. The minimum Gasteiger partial charge on any atom is -0.377 e. The van der Waals surface area contributed by atoms with Gasteiger partial charge in [-0.25, -0.2) is 4.79 Å². The van der Waals surface area contributed by atoms with Gasteiger partial charge in [0.05, 0.1) is 6.10 Å². The molecule has 0 aromatic carbocycles. The van der Waals surface area contributed by atoms with Crippen LogP contribution < -0.4 is 11.2 Å². The number of rotatable bonds is 3. The maximum atomic E-state index is 12.3. The van der Waals surface area contributed by atoms with Gasteiger partial charge in [-0.1, -0.05) is 0 Å². The van der Waals surface area contributed by atoms with E-state index in [1.165, 1.54) is 6.20 Å². The first-order valence-corrected chi connectivity index (χ1v) is 7.59. The lowest BCUT2D eigenvalue weighted by Gasteiger charge is -2.35. The second-order valence-electron chi connectivity index (χ2n) is 5.71. The first-order chi connectivity index (χ1) is 10.6. The molecule has 3 rings (SSSR count). The predicted octanol–water partition coefficient (Wildman–Crippen LogP) is -1.000. The van der Waals surface area contributed by atoms with Crippen LogP contribution in [0.3, 0.4) is 0 Å². The number of aromatic nitrogens is 2. The zero-order chi connectivity index (χ0) is 15.5. The number of hydrogen-bond acceptors (Lipinski definition) is 5. The molecule has 22 heavy (non-hydrogen) atoms. The Hall–Kier alpha value is -1.93. The lowest BCUT2D eigenvalue weighted by atomic mass is 10.2. The van der Waals surface area contributed by atoms with Crippen molar-refractivity contribution in [3.05, 3.63) is 32.6 Å². The summed E-state index contributed by atoms with van der Waals surface area (Å²) in [6, 6.07) is 0. The first kappa shape index (κ1) is 15.0. The van der Waals surface area contributed by atoms with Gasteiger partial charge in [-0.3, -0.25) is 19.5 Å². The number of amides is 1. The van der Waals surface area contributed by atoms with Gasteiger partial charge in [-0.15, -0.1) is 0 Å². The Morgan fingerprint density at radius 2 is 2.05 bits per heavy atom. The van der Waals surface area contributed by atoms with Gasteiger partial charge in [0, 0.05) is 45.5 Å². The first-order valence-electron chi connectivity index (χ1n) is 7.59. The van der Waals surface area contributed by atoms with Crippen LogP contribution >= 0.6 is 0 Å². The van der Waals surface area contributed by atoms with Crippen molar-refractivity contribution in [1.82, 2.24) is 19.8 Å². The summed E-state index contributed by atoms with van der Waals surface area (Å²) in [4.78, 5) is 43.3. The van der Waals surface area contributed by atoms with E-state index in [1.807, 2.05) is 0 Å². The van der Waals surface area contributed by atoms with Crippen LogP contribution in [0.25, 0.3) is 0 Å². The molecule has 8 nitrogen and oxygen atoms in total. The fourth-order valence-electron chi connectivity index (χ4n) is 2.95. The highest BCUT2D eigenvalue weighted by Gasteiger charge is 2.26. The van der Waals surface area contributed by atoms with Crippen molar-refractivity contribution in [3.8, 4) is 0 Å². The van der Waals surface area contributed by atoms with E-state index < -0.39 is 11.2 Å². The molecule has 8 heteroatoms. The summed E-state index contributed by atoms with van der Waals surface area (Å²) >= 11 is 0. The highest BCUT2D eigenvalue weighted by atomic mass is 16.5. The van der Waals surface area contributed by atoms with Crippen LogP contribution in [0.5, 0.6) is 0 Å². The molecule has 1 atom stereocenters. The van der Waals surface area contributed by atoms with Gasteiger partial charge in [0.15, 0.2) is 0 Å². The molecular weight excluding hydrogens is 288 g/mol. The van der Waals surface area contributed by atoms with Crippen LogP contribution in [-0.4, -0.2) is 71.1 Å². The minimum atomic E-state index is -0.643. The molecule has 2 N–H and O–H groups in total. The average Bonchev–Trinajstić information content (AvgIpc) is 3.00. The fraction of sp³-hybridized carbons (Fsp3) is 0.643. The zero-order valence-corrected chi connectivity index (χ0v) is 12.3. The van der Waals surface area contributed by atoms with Crippen LogP contribution in [0.1, 0.15) is 23.2 Å². The number of piperazine rings is 1. The summed E-state index contributed by atoms with van der Waals surface area (Å²) in [5.74, 6) is -0.339. The third kappa shape index (κ3) is 3.28. The van der Waals surface area contributed by atoms with E-state index in [0.29, 0.717) is 19.2 Å². The normalized spacial score (nSPS) is 22.9. The van der Waals surface area contributed by atoms with Crippen LogP contribution in [0, 0.1) is 0 Å². The molecule has 1 aromatic rings. The van der Waals surface area contributed by atoms with Gasteiger partial charge < -0.3 is 14.6 Å². The number of nitrogens with zero attached hydrogens (tertiary/aromatic N) is 2. The quantitative estimate of drug-likeness (QED) is 0.746. The highest BCUT2D eigenvalue weighted by molar-refractivity contribution is 5.93. The summed E-state index contributed by atoms with van der Waals surface area (Å²) in [7, 11) is 0. The molecule has 0 spiro atoms. The van der Waals surface area contributed by atoms with Gasteiger partial charge in [-0.05, 0) is 12.8 Å². The van der Waals surface area contributed by atoms with Crippen LogP contribution in [0.15, 0.2) is 15.8 Å². The molecule has 2 aliphatic heterocycles. The Morgan fingerprint density at radius 3 is 2.68 bits per heavy atom. The second kappa shape index (κ2) is 6.45. The zero-order valence-electron chi connectivity index (χ0n) is 12.3. The van der Waals surface area contributed by atoms with E-state index in [4.69, 9.17) is 4.74 Å².